The van der Waals surface area contributed by atoms with E-state index in [1.807, 2.05) is 12.1 Å². The number of carbonyl (C=O) groups is 3. The fourth-order valence-corrected chi connectivity index (χ4v) is 5.80. The maximum Gasteiger partial charge on any atom is 0.308 e. The fourth-order valence-electron chi connectivity index (χ4n) is 5.47. The molecule has 2 heterocycles. The molecule has 2 N–H and O–H groups in total. The molecule has 2 saturated heterocycles. The van der Waals surface area contributed by atoms with Crippen molar-refractivity contribution in [1.29, 1.82) is 0 Å². The molecule has 0 radical (unpaired) electrons. The van der Waals surface area contributed by atoms with E-state index in [0.29, 0.717) is 30.9 Å². The Labute approximate surface area is 222 Å². The van der Waals surface area contributed by atoms with Gasteiger partial charge in [-0.25, -0.2) is 4.39 Å². The van der Waals surface area contributed by atoms with Crippen LogP contribution in [0.1, 0.15) is 32.1 Å². The Morgan fingerprint density at radius 3 is 2.57 bits per heavy atom. The number of halogens is 1. The Hall–Kier alpha value is -2.79. The number of fused-ring (bicyclic) bond motifs is 1. The minimum absolute atomic E-state index is 0.0651. The van der Waals surface area contributed by atoms with E-state index >= 15 is 0 Å². The van der Waals surface area contributed by atoms with Crippen LogP contribution in [0.2, 0.25) is 0 Å². The van der Waals surface area contributed by atoms with Crippen LogP contribution in [0.25, 0.3) is 0 Å². The van der Waals surface area contributed by atoms with Crippen LogP contribution in [0.4, 0.5) is 10.1 Å². The first-order chi connectivity index (χ1) is 17.9. The lowest BCUT2D eigenvalue weighted by molar-refractivity contribution is -0.149. The molecule has 2 aliphatic heterocycles. The zero-order valence-corrected chi connectivity index (χ0v) is 22.1. The smallest absolute Gasteiger partial charge is 0.308 e. The van der Waals surface area contributed by atoms with Crippen molar-refractivity contribution in [1.82, 2.24) is 20.4 Å². The molecule has 9 nitrogen and oxygen atoms in total. The Bertz CT molecular complexity index is 986. The predicted molar refractivity (Wildman–Crippen MR) is 141 cm³/mol. The van der Waals surface area contributed by atoms with E-state index in [2.05, 4.69) is 20.4 Å². The van der Waals surface area contributed by atoms with E-state index in [-0.39, 0.29) is 54.4 Å². The molecular formula is C26H36FN5O4S. The molecule has 1 saturated carbocycles. The molecule has 1 aromatic rings. The van der Waals surface area contributed by atoms with Crippen LogP contribution in [0.5, 0.6) is 0 Å². The van der Waals surface area contributed by atoms with Gasteiger partial charge in [0.25, 0.3) is 0 Å². The summed E-state index contributed by atoms with van der Waals surface area (Å²) >= 11 is 5.40. The van der Waals surface area contributed by atoms with Crippen LogP contribution in [-0.2, 0) is 19.1 Å². The number of hydrogen-bond donors (Lipinski definition) is 2. The zero-order chi connectivity index (χ0) is 26.4. The van der Waals surface area contributed by atoms with Gasteiger partial charge in [0, 0.05) is 57.4 Å². The summed E-state index contributed by atoms with van der Waals surface area (Å²) in [6, 6.07) is 6.44. The lowest BCUT2D eigenvalue weighted by Gasteiger charge is -2.43. The summed E-state index contributed by atoms with van der Waals surface area (Å²) in [5.74, 6) is -1.09. The third-order valence-corrected chi connectivity index (χ3v) is 7.96. The maximum atomic E-state index is 13.1. The van der Waals surface area contributed by atoms with Crippen LogP contribution in [0, 0.1) is 17.7 Å². The standard InChI is InChI=1S/C26H36FN5O4S/c1-36-25(35)18-3-8-21-22(17-18)29-26(37)32(24(21)34)12-9-23(33)28-10-2-11-30-13-15-31(16-14-30)20-6-4-19(27)5-7-20/h4-7,18,21-22H,2-3,8-17H2,1H3,(H,28,33)(H,29,37). The molecule has 0 aromatic heterocycles. The van der Waals surface area contributed by atoms with Gasteiger partial charge in [-0.3, -0.25) is 24.2 Å². The van der Waals surface area contributed by atoms with Crippen molar-refractivity contribution in [2.24, 2.45) is 11.8 Å². The van der Waals surface area contributed by atoms with Crippen molar-refractivity contribution in [2.45, 2.75) is 38.1 Å². The summed E-state index contributed by atoms with van der Waals surface area (Å²) in [6.45, 7) is 5.34. The molecule has 1 aliphatic carbocycles. The van der Waals surface area contributed by atoms with E-state index < -0.39 is 0 Å². The summed E-state index contributed by atoms with van der Waals surface area (Å²) in [6.07, 6.45) is 2.77. The first-order valence-corrected chi connectivity index (χ1v) is 13.5. The quantitative estimate of drug-likeness (QED) is 0.280. The highest BCUT2D eigenvalue weighted by molar-refractivity contribution is 7.80. The number of hydrogen-bond acceptors (Lipinski definition) is 7. The number of methoxy groups -OCH3 is 1. The molecule has 3 unspecified atom stereocenters. The average molecular weight is 534 g/mol. The molecule has 37 heavy (non-hydrogen) atoms. The van der Waals surface area contributed by atoms with Crippen molar-refractivity contribution in [3.63, 3.8) is 0 Å². The van der Waals surface area contributed by atoms with Gasteiger partial charge >= 0.3 is 5.97 Å². The number of thiocarbonyl (C=S) groups is 1. The second kappa shape index (κ2) is 12.6. The van der Waals surface area contributed by atoms with Gasteiger partial charge in [-0.2, -0.15) is 0 Å². The summed E-state index contributed by atoms with van der Waals surface area (Å²) in [5, 5.41) is 6.48. The third-order valence-electron chi connectivity index (χ3n) is 7.62. The Morgan fingerprint density at radius 2 is 1.86 bits per heavy atom. The topological polar surface area (TPSA) is 94.2 Å². The Morgan fingerprint density at radius 1 is 1.14 bits per heavy atom. The number of nitrogens with zero attached hydrogens (tertiary/aromatic N) is 3. The van der Waals surface area contributed by atoms with Crippen LogP contribution in [0.3, 0.4) is 0 Å². The lowest BCUT2D eigenvalue weighted by Crippen LogP contribution is -2.62. The highest BCUT2D eigenvalue weighted by atomic mass is 32.1. The largest absolute Gasteiger partial charge is 0.469 e. The first-order valence-electron chi connectivity index (χ1n) is 13.0. The zero-order valence-electron chi connectivity index (χ0n) is 21.3. The van der Waals surface area contributed by atoms with Crippen molar-refractivity contribution in [2.75, 3.05) is 57.8 Å². The number of rotatable bonds is 9. The summed E-state index contributed by atoms with van der Waals surface area (Å²) in [5.41, 5.74) is 1.04. The Balaban J connectivity index is 1.11. The van der Waals surface area contributed by atoms with Crippen LogP contribution < -0.4 is 15.5 Å². The van der Waals surface area contributed by atoms with Crippen LogP contribution >= 0.6 is 12.2 Å². The van der Waals surface area contributed by atoms with Gasteiger partial charge in [0.2, 0.25) is 11.8 Å². The van der Waals surface area contributed by atoms with Gasteiger partial charge in [0.05, 0.1) is 18.9 Å². The van der Waals surface area contributed by atoms with E-state index in [4.69, 9.17) is 17.0 Å². The molecule has 202 valence electrons. The number of amides is 2. The summed E-state index contributed by atoms with van der Waals surface area (Å²) < 4.78 is 18.0. The van der Waals surface area contributed by atoms with Crippen LogP contribution in [0.15, 0.2) is 24.3 Å². The lowest BCUT2D eigenvalue weighted by atomic mass is 9.76. The Kier molecular flexibility index (Phi) is 9.31. The molecule has 3 fully saturated rings. The number of piperazine rings is 1. The maximum absolute atomic E-state index is 13.1. The number of benzene rings is 1. The van der Waals surface area contributed by atoms with Gasteiger partial charge in [-0.15, -0.1) is 0 Å². The highest BCUT2D eigenvalue weighted by Gasteiger charge is 2.44. The average Bonchev–Trinajstić information content (AvgIpc) is 2.91. The SMILES string of the molecule is COC(=O)C1CCC2C(=O)N(CCC(=O)NCCCN3CCN(c4ccc(F)cc4)CC3)C(=S)NC2C1. The second-order valence-electron chi connectivity index (χ2n) is 9.94. The number of carbonyl (C=O) groups excluding carboxylic acids is 3. The molecule has 2 amide bonds. The van der Waals surface area contributed by atoms with Crippen molar-refractivity contribution >= 4 is 40.8 Å². The minimum atomic E-state index is -0.245. The fraction of sp³-hybridized carbons (Fsp3) is 0.615. The number of nitrogens with one attached hydrogen (secondary N) is 2. The van der Waals surface area contributed by atoms with Gasteiger partial charge in [0.1, 0.15) is 5.82 Å². The molecule has 3 aliphatic rings. The first kappa shape index (κ1) is 27.3. The molecule has 3 atom stereocenters. The van der Waals surface area contributed by atoms with Gasteiger partial charge in [0.15, 0.2) is 5.11 Å². The third kappa shape index (κ3) is 6.95. The number of anilines is 1. The van der Waals surface area contributed by atoms with Gasteiger partial charge in [-0.05, 0) is 68.7 Å². The van der Waals surface area contributed by atoms with E-state index in [9.17, 15) is 18.8 Å². The van der Waals surface area contributed by atoms with Gasteiger partial charge in [-0.1, -0.05) is 0 Å². The molecule has 1 aromatic carbocycles. The van der Waals surface area contributed by atoms with Crippen molar-refractivity contribution in [3.05, 3.63) is 30.1 Å². The van der Waals surface area contributed by atoms with Crippen molar-refractivity contribution < 1.29 is 23.5 Å². The highest BCUT2D eigenvalue weighted by Crippen LogP contribution is 2.33. The number of esters is 1. The van der Waals surface area contributed by atoms with Gasteiger partial charge < -0.3 is 20.3 Å². The molecular weight excluding hydrogens is 497 g/mol. The monoisotopic (exact) mass is 533 g/mol. The predicted octanol–water partition coefficient (Wildman–Crippen LogP) is 1.52. The number of ether oxygens (including phenoxy) is 1. The van der Waals surface area contributed by atoms with E-state index in [1.54, 1.807) is 0 Å². The van der Waals surface area contributed by atoms with Crippen LogP contribution in [-0.4, -0.2) is 91.7 Å². The molecule has 4 rings (SSSR count). The summed E-state index contributed by atoms with van der Waals surface area (Å²) in [4.78, 5) is 43.4. The van der Waals surface area contributed by atoms with E-state index in [1.165, 1.54) is 24.1 Å². The second-order valence-corrected chi connectivity index (χ2v) is 10.3. The molecule has 0 bridgehead atoms. The summed E-state index contributed by atoms with van der Waals surface area (Å²) in [7, 11) is 1.38. The minimum Gasteiger partial charge on any atom is -0.469 e. The van der Waals surface area contributed by atoms with E-state index in [0.717, 1.165) is 44.8 Å². The van der Waals surface area contributed by atoms with Crippen molar-refractivity contribution in [3.8, 4) is 0 Å². The molecule has 0 spiro atoms. The normalized spacial score (nSPS) is 24.3. The molecule has 11 heteroatoms.